The number of nitrogens with one attached hydrogen (secondary N) is 1. The summed E-state index contributed by atoms with van der Waals surface area (Å²) in [5.74, 6) is 0.380. The molecule has 0 aliphatic carbocycles. The van der Waals surface area contributed by atoms with Crippen LogP contribution < -0.4 is 4.31 Å². The minimum absolute atomic E-state index is 0.0681. The molecule has 3 aromatic rings. The molecule has 3 rings (SSSR count). The number of rotatable bonds is 5. The highest BCUT2D eigenvalue weighted by Gasteiger charge is 2.29. The number of hydrogen-bond acceptors (Lipinski definition) is 3. The van der Waals surface area contributed by atoms with Crippen LogP contribution in [-0.2, 0) is 10.0 Å². The molecule has 136 valence electrons. The summed E-state index contributed by atoms with van der Waals surface area (Å²) in [6, 6.07) is 13.7. The number of ketones is 1. The standard InChI is InChI=1S/C20H22N2O3S/c1-13(2)22(26(24,25)17-10-8-14(3)9-11-17)19-12-16-6-5-7-18(15(4)23)20(16)21-19/h5-13,21H,1-4H3. The number of para-hydroxylation sites is 1. The molecular formula is C20H22N2O3S. The van der Waals surface area contributed by atoms with Gasteiger partial charge in [0.25, 0.3) is 10.0 Å². The van der Waals surface area contributed by atoms with Crippen molar-refractivity contribution in [2.24, 2.45) is 0 Å². The molecule has 0 unspecified atom stereocenters. The molecule has 5 nitrogen and oxygen atoms in total. The first-order valence-electron chi connectivity index (χ1n) is 8.45. The highest BCUT2D eigenvalue weighted by atomic mass is 32.2. The Bertz CT molecular complexity index is 1060. The van der Waals surface area contributed by atoms with Crippen molar-refractivity contribution in [3.05, 3.63) is 59.7 Å². The third kappa shape index (κ3) is 3.12. The van der Waals surface area contributed by atoms with Gasteiger partial charge < -0.3 is 4.98 Å². The summed E-state index contributed by atoms with van der Waals surface area (Å²) >= 11 is 0. The van der Waals surface area contributed by atoms with Crippen molar-refractivity contribution >= 4 is 32.5 Å². The van der Waals surface area contributed by atoms with E-state index in [-0.39, 0.29) is 16.7 Å². The van der Waals surface area contributed by atoms with Gasteiger partial charge >= 0.3 is 0 Å². The minimum atomic E-state index is -3.73. The van der Waals surface area contributed by atoms with Crippen molar-refractivity contribution in [2.45, 2.75) is 38.6 Å². The number of carbonyl (C=O) groups is 1. The molecule has 0 saturated carbocycles. The molecule has 0 saturated heterocycles. The lowest BCUT2D eigenvalue weighted by Crippen LogP contribution is -2.37. The van der Waals surface area contributed by atoms with Crippen LogP contribution in [0, 0.1) is 6.92 Å². The summed E-state index contributed by atoms with van der Waals surface area (Å²) in [7, 11) is -3.73. The molecule has 1 N–H and O–H groups in total. The Morgan fingerprint density at radius 3 is 2.31 bits per heavy atom. The molecule has 0 radical (unpaired) electrons. The number of carbonyl (C=O) groups excluding carboxylic acids is 1. The van der Waals surface area contributed by atoms with Crippen LogP contribution in [0.5, 0.6) is 0 Å². The van der Waals surface area contributed by atoms with Crippen LogP contribution in [0.3, 0.4) is 0 Å². The van der Waals surface area contributed by atoms with Crippen molar-refractivity contribution in [1.29, 1.82) is 0 Å². The van der Waals surface area contributed by atoms with Crippen molar-refractivity contribution < 1.29 is 13.2 Å². The Morgan fingerprint density at radius 2 is 1.73 bits per heavy atom. The number of aromatic nitrogens is 1. The van der Waals surface area contributed by atoms with Gasteiger partial charge in [-0.15, -0.1) is 0 Å². The third-order valence-electron chi connectivity index (χ3n) is 4.31. The van der Waals surface area contributed by atoms with Gasteiger partial charge in [0.1, 0.15) is 5.82 Å². The minimum Gasteiger partial charge on any atom is -0.340 e. The first-order chi connectivity index (χ1) is 12.2. The Kier molecular flexibility index (Phi) is 4.63. The highest BCUT2D eigenvalue weighted by Crippen LogP contribution is 2.30. The maximum Gasteiger partial charge on any atom is 0.265 e. The van der Waals surface area contributed by atoms with Gasteiger partial charge in [-0.25, -0.2) is 12.7 Å². The fraction of sp³-hybridized carbons (Fsp3) is 0.250. The molecular weight excluding hydrogens is 348 g/mol. The topological polar surface area (TPSA) is 70.2 Å². The van der Waals surface area contributed by atoms with Gasteiger partial charge in [0.05, 0.1) is 10.4 Å². The number of aryl methyl sites for hydroxylation is 1. The van der Waals surface area contributed by atoms with Crippen LogP contribution in [0.25, 0.3) is 10.9 Å². The van der Waals surface area contributed by atoms with E-state index in [0.29, 0.717) is 16.9 Å². The number of anilines is 1. The van der Waals surface area contributed by atoms with Crippen LogP contribution in [-0.4, -0.2) is 25.2 Å². The summed E-state index contributed by atoms with van der Waals surface area (Å²) in [5, 5.41) is 0.803. The zero-order valence-corrected chi connectivity index (χ0v) is 16.1. The number of aromatic amines is 1. The van der Waals surface area contributed by atoms with E-state index < -0.39 is 10.0 Å². The number of hydrogen-bond donors (Lipinski definition) is 1. The summed E-state index contributed by atoms with van der Waals surface area (Å²) in [5.41, 5.74) is 2.20. The van der Waals surface area contributed by atoms with Gasteiger partial charge in [-0.3, -0.25) is 4.79 Å². The summed E-state index contributed by atoms with van der Waals surface area (Å²) in [6.45, 7) is 7.06. The summed E-state index contributed by atoms with van der Waals surface area (Å²) in [6.07, 6.45) is 0. The molecule has 1 aromatic heterocycles. The van der Waals surface area contributed by atoms with E-state index in [1.807, 2.05) is 26.8 Å². The molecule has 6 heteroatoms. The van der Waals surface area contributed by atoms with Crippen LogP contribution in [0.2, 0.25) is 0 Å². The first-order valence-corrected chi connectivity index (χ1v) is 9.89. The van der Waals surface area contributed by atoms with Crippen molar-refractivity contribution in [1.82, 2.24) is 4.98 Å². The van der Waals surface area contributed by atoms with Gasteiger partial charge in [-0.2, -0.15) is 0 Å². The number of nitrogens with zero attached hydrogens (tertiary/aromatic N) is 1. The smallest absolute Gasteiger partial charge is 0.265 e. The van der Waals surface area contributed by atoms with E-state index in [4.69, 9.17) is 0 Å². The summed E-state index contributed by atoms with van der Waals surface area (Å²) < 4.78 is 27.8. The van der Waals surface area contributed by atoms with E-state index in [2.05, 4.69) is 4.98 Å². The molecule has 0 amide bonds. The zero-order chi connectivity index (χ0) is 19.1. The fourth-order valence-electron chi connectivity index (χ4n) is 3.06. The fourth-order valence-corrected chi connectivity index (χ4v) is 4.68. The molecule has 1 heterocycles. The first kappa shape index (κ1) is 18.2. The van der Waals surface area contributed by atoms with Crippen LogP contribution in [0.15, 0.2) is 53.4 Å². The Hall–Kier alpha value is -2.60. The van der Waals surface area contributed by atoms with Crippen LogP contribution >= 0.6 is 0 Å². The quantitative estimate of drug-likeness (QED) is 0.681. The Labute approximate surface area is 153 Å². The normalized spacial score (nSPS) is 11.9. The van der Waals surface area contributed by atoms with Crippen molar-refractivity contribution in [3.63, 3.8) is 0 Å². The molecule has 0 fully saturated rings. The zero-order valence-electron chi connectivity index (χ0n) is 15.3. The monoisotopic (exact) mass is 370 g/mol. The molecule has 0 aliphatic rings. The van der Waals surface area contributed by atoms with Crippen LogP contribution in [0.1, 0.15) is 36.7 Å². The molecule has 0 bridgehead atoms. The van der Waals surface area contributed by atoms with Gasteiger partial charge in [0.15, 0.2) is 5.78 Å². The van der Waals surface area contributed by atoms with Gasteiger partial charge in [-0.1, -0.05) is 29.8 Å². The van der Waals surface area contributed by atoms with E-state index >= 15 is 0 Å². The number of fused-ring (bicyclic) bond motifs is 1. The highest BCUT2D eigenvalue weighted by molar-refractivity contribution is 7.92. The molecule has 0 spiro atoms. The van der Waals surface area contributed by atoms with Crippen LogP contribution in [0.4, 0.5) is 5.82 Å². The van der Waals surface area contributed by atoms with Gasteiger partial charge in [0, 0.05) is 17.0 Å². The van der Waals surface area contributed by atoms with Crippen molar-refractivity contribution in [2.75, 3.05) is 4.31 Å². The molecule has 0 aliphatic heterocycles. The van der Waals surface area contributed by atoms with E-state index in [1.165, 1.54) is 11.2 Å². The molecule has 0 atom stereocenters. The average Bonchev–Trinajstić information content (AvgIpc) is 2.97. The second-order valence-electron chi connectivity index (χ2n) is 6.69. The lowest BCUT2D eigenvalue weighted by Gasteiger charge is -2.26. The third-order valence-corrected chi connectivity index (χ3v) is 6.31. The second kappa shape index (κ2) is 6.61. The average molecular weight is 370 g/mol. The van der Waals surface area contributed by atoms with Crippen molar-refractivity contribution in [3.8, 4) is 0 Å². The SMILES string of the molecule is CC(=O)c1cccc2cc(N(C(C)C)S(=O)(=O)c3ccc(C)cc3)[nH]c12. The van der Waals surface area contributed by atoms with Gasteiger partial charge in [0.2, 0.25) is 0 Å². The lowest BCUT2D eigenvalue weighted by atomic mass is 10.1. The van der Waals surface area contributed by atoms with E-state index in [0.717, 1.165) is 10.9 Å². The molecule has 26 heavy (non-hydrogen) atoms. The van der Waals surface area contributed by atoms with E-state index in [9.17, 15) is 13.2 Å². The number of sulfonamides is 1. The molecule has 2 aromatic carbocycles. The maximum atomic E-state index is 13.2. The van der Waals surface area contributed by atoms with Gasteiger partial charge in [-0.05, 0) is 52.0 Å². The van der Waals surface area contributed by atoms with E-state index in [1.54, 1.807) is 42.5 Å². The predicted molar refractivity (Wildman–Crippen MR) is 104 cm³/mol. The Balaban J connectivity index is 2.17. The largest absolute Gasteiger partial charge is 0.340 e. The second-order valence-corrected chi connectivity index (χ2v) is 8.50. The number of H-pyrrole nitrogens is 1. The summed E-state index contributed by atoms with van der Waals surface area (Å²) in [4.78, 5) is 15.2. The number of benzene rings is 2. The number of Topliss-reactive ketones (excluding diaryl/α,β-unsaturated/α-hetero) is 1. The predicted octanol–water partition coefficient (Wildman–Crippen LogP) is 4.28. The lowest BCUT2D eigenvalue weighted by molar-refractivity contribution is 0.101. The Morgan fingerprint density at radius 1 is 1.08 bits per heavy atom. The maximum absolute atomic E-state index is 13.2.